The Balaban J connectivity index is 1.97. The molecule has 1 aliphatic rings. The van der Waals surface area contributed by atoms with Gasteiger partial charge in [0, 0.05) is 24.2 Å². The van der Waals surface area contributed by atoms with Crippen molar-refractivity contribution in [3.63, 3.8) is 0 Å². The second kappa shape index (κ2) is 6.26. The normalized spacial score (nSPS) is 21.5. The van der Waals surface area contributed by atoms with Crippen molar-refractivity contribution in [1.82, 2.24) is 10.2 Å². The van der Waals surface area contributed by atoms with Gasteiger partial charge in [-0.15, -0.1) is 0 Å². The Morgan fingerprint density at radius 1 is 1.53 bits per heavy atom. The lowest BCUT2D eigenvalue weighted by Gasteiger charge is -2.23. The Labute approximate surface area is 115 Å². The molecule has 1 fully saturated rings. The molecule has 4 nitrogen and oxygen atoms in total. The summed E-state index contributed by atoms with van der Waals surface area (Å²) in [5.74, 6) is 1.10. The molecule has 0 saturated carbocycles. The van der Waals surface area contributed by atoms with E-state index in [0.717, 1.165) is 17.9 Å². The van der Waals surface area contributed by atoms with Crippen LogP contribution in [0.25, 0.3) is 0 Å². The van der Waals surface area contributed by atoms with Crippen LogP contribution in [0.3, 0.4) is 0 Å². The van der Waals surface area contributed by atoms with E-state index in [4.69, 9.17) is 4.74 Å². The number of rotatable bonds is 5. The van der Waals surface area contributed by atoms with Gasteiger partial charge < -0.3 is 20.1 Å². The Morgan fingerprint density at radius 3 is 2.95 bits per heavy atom. The van der Waals surface area contributed by atoms with Crippen molar-refractivity contribution in [2.45, 2.75) is 31.8 Å². The van der Waals surface area contributed by atoms with Crippen molar-refractivity contribution >= 4 is 0 Å². The number of ether oxygens (including phenoxy) is 1. The van der Waals surface area contributed by atoms with Crippen molar-refractivity contribution in [2.24, 2.45) is 0 Å². The van der Waals surface area contributed by atoms with Gasteiger partial charge in [0.1, 0.15) is 11.5 Å². The van der Waals surface area contributed by atoms with Crippen LogP contribution in [-0.4, -0.2) is 43.3 Å². The van der Waals surface area contributed by atoms with Crippen molar-refractivity contribution in [3.8, 4) is 11.5 Å². The molecule has 2 unspecified atom stereocenters. The summed E-state index contributed by atoms with van der Waals surface area (Å²) in [4.78, 5) is 2.39. The van der Waals surface area contributed by atoms with E-state index in [9.17, 15) is 5.11 Å². The maximum Gasteiger partial charge on any atom is 0.120 e. The van der Waals surface area contributed by atoms with E-state index in [1.54, 1.807) is 19.2 Å². The van der Waals surface area contributed by atoms with Gasteiger partial charge in [-0.1, -0.05) is 0 Å². The molecule has 1 aromatic rings. The van der Waals surface area contributed by atoms with Gasteiger partial charge in [-0.25, -0.2) is 0 Å². The third kappa shape index (κ3) is 3.39. The van der Waals surface area contributed by atoms with Gasteiger partial charge >= 0.3 is 0 Å². The first-order chi connectivity index (χ1) is 9.11. The summed E-state index contributed by atoms with van der Waals surface area (Å²) in [6, 6.07) is 6.08. The van der Waals surface area contributed by atoms with E-state index in [1.807, 2.05) is 6.07 Å². The SMILES string of the molecule is COc1ccc(O)c(C(C)NCC2CCCN2C)c1. The number of hydrogen-bond donors (Lipinski definition) is 2. The zero-order valence-corrected chi connectivity index (χ0v) is 12.0. The molecule has 0 aromatic heterocycles. The topological polar surface area (TPSA) is 44.7 Å². The van der Waals surface area contributed by atoms with E-state index in [2.05, 4.69) is 24.2 Å². The van der Waals surface area contributed by atoms with Gasteiger partial charge in [0.25, 0.3) is 0 Å². The lowest BCUT2D eigenvalue weighted by Crippen LogP contribution is -2.36. The first-order valence-corrected chi connectivity index (χ1v) is 6.92. The van der Waals surface area contributed by atoms with Crippen LogP contribution in [0.15, 0.2) is 18.2 Å². The van der Waals surface area contributed by atoms with Gasteiger partial charge in [-0.2, -0.15) is 0 Å². The molecule has 1 aliphatic heterocycles. The quantitative estimate of drug-likeness (QED) is 0.855. The van der Waals surface area contributed by atoms with Crippen LogP contribution >= 0.6 is 0 Å². The summed E-state index contributed by atoms with van der Waals surface area (Å²) in [6.45, 7) is 4.21. The molecule has 1 aromatic carbocycles. The van der Waals surface area contributed by atoms with E-state index < -0.39 is 0 Å². The van der Waals surface area contributed by atoms with Gasteiger partial charge in [0.2, 0.25) is 0 Å². The van der Waals surface area contributed by atoms with E-state index >= 15 is 0 Å². The molecule has 2 atom stereocenters. The first-order valence-electron chi connectivity index (χ1n) is 6.92. The highest BCUT2D eigenvalue weighted by Gasteiger charge is 2.21. The highest BCUT2D eigenvalue weighted by molar-refractivity contribution is 5.41. The fraction of sp³-hybridized carbons (Fsp3) is 0.600. The van der Waals surface area contributed by atoms with Crippen molar-refractivity contribution in [3.05, 3.63) is 23.8 Å². The summed E-state index contributed by atoms with van der Waals surface area (Å²) >= 11 is 0. The van der Waals surface area contributed by atoms with Crippen LogP contribution in [0.2, 0.25) is 0 Å². The summed E-state index contributed by atoms with van der Waals surface area (Å²) in [5.41, 5.74) is 0.889. The second-order valence-electron chi connectivity index (χ2n) is 5.33. The molecule has 2 rings (SSSR count). The number of nitrogens with zero attached hydrogens (tertiary/aromatic N) is 1. The maximum absolute atomic E-state index is 9.94. The summed E-state index contributed by atoms with van der Waals surface area (Å²) < 4.78 is 5.21. The molecule has 0 spiro atoms. The number of hydrogen-bond acceptors (Lipinski definition) is 4. The molecule has 2 N–H and O–H groups in total. The molecular weight excluding hydrogens is 240 g/mol. The van der Waals surface area contributed by atoms with Crippen LogP contribution in [0.5, 0.6) is 11.5 Å². The third-order valence-corrected chi connectivity index (χ3v) is 4.03. The van der Waals surface area contributed by atoms with Crippen molar-refractivity contribution < 1.29 is 9.84 Å². The standard InChI is InChI=1S/C15H24N2O2/c1-11(16-10-12-5-4-8-17(12)2)14-9-13(19-3)6-7-15(14)18/h6-7,9,11-12,16,18H,4-5,8,10H2,1-3H3. The number of nitrogens with one attached hydrogen (secondary N) is 1. The molecule has 0 amide bonds. The van der Waals surface area contributed by atoms with E-state index in [-0.39, 0.29) is 6.04 Å². The van der Waals surface area contributed by atoms with Crippen molar-refractivity contribution in [2.75, 3.05) is 27.2 Å². The molecule has 4 heteroatoms. The molecule has 0 aliphatic carbocycles. The molecule has 0 radical (unpaired) electrons. The Hall–Kier alpha value is -1.26. The highest BCUT2D eigenvalue weighted by Crippen LogP contribution is 2.28. The van der Waals surface area contributed by atoms with Crippen molar-refractivity contribution in [1.29, 1.82) is 0 Å². The smallest absolute Gasteiger partial charge is 0.120 e. The van der Waals surface area contributed by atoms with Crippen LogP contribution in [0, 0.1) is 0 Å². The third-order valence-electron chi connectivity index (χ3n) is 4.03. The monoisotopic (exact) mass is 264 g/mol. The van der Waals surface area contributed by atoms with Crippen LogP contribution in [0.4, 0.5) is 0 Å². The van der Waals surface area contributed by atoms with Crippen LogP contribution < -0.4 is 10.1 Å². The average Bonchev–Trinajstić information content (AvgIpc) is 2.82. The zero-order valence-electron chi connectivity index (χ0n) is 12.0. The van der Waals surface area contributed by atoms with Crippen LogP contribution in [-0.2, 0) is 0 Å². The zero-order chi connectivity index (χ0) is 13.8. The minimum Gasteiger partial charge on any atom is -0.508 e. The Kier molecular flexibility index (Phi) is 4.66. The summed E-state index contributed by atoms with van der Waals surface area (Å²) in [6.07, 6.45) is 2.53. The van der Waals surface area contributed by atoms with E-state index in [0.29, 0.717) is 11.8 Å². The predicted octanol–water partition coefficient (Wildman–Crippen LogP) is 2.15. The molecule has 1 heterocycles. The molecule has 106 valence electrons. The fourth-order valence-electron chi connectivity index (χ4n) is 2.67. The minimum atomic E-state index is 0.115. The predicted molar refractivity (Wildman–Crippen MR) is 76.7 cm³/mol. The second-order valence-corrected chi connectivity index (χ2v) is 5.33. The van der Waals surface area contributed by atoms with Crippen LogP contribution in [0.1, 0.15) is 31.4 Å². The average molecular weight is 264 g/mol. The summed E-state index contributed by atoms with van der Waals surface area (Å²) in [7, 11) is 3.81. The van der Waals surface area contributed by atoms with E-state index in [1.165, 1.54) is 19.4 Å². The van der Waals surface area contributed by atoms with Gasteiger partial charge in [0.15, 0.2) is 0 Å². The Morgan fingerprint density at radius 2 is 2.32 bits per heavy atom. The first kappa shape index (κ1) is 14.2. The number of likely N-dealkylation sites (N-methyl/N-ethyl adjacent to an activating group) is 1. The number of methoxy groups -OCH3 is 1. The molecule has 19 heavy (non-hydrogen) atoms. The van der Waals surface area contributed by atoms with Gasteiger partial charge in [-0.3, -0.25) is 0 Å². The molecule has 0 bridgehead atoms. The Bertz CT molecular complexity index is 423. The number of aromatic hydroxyl groups is 1. The number of likely N-dealkylation sites (tertiary alicyclic amines) is 1. The number of benzene rings is 1. The largest absolute Gasteiger partial charge is 0.508 e. The number of phenolic OH excluding ortho intramolecular Hbond substituents is 1. The lowest BCUT2D eigenvalue weighted by molar-refractivity contribution is 0.292. The van der Waals surface area contributed by atoms with Gasteiger partial charge in [0.05, 0.1) is 7.11 Å². The maximum atomic E-state index is 9.94. The lowest BCUT2D eigenvalue weighted by atomic mass is 10.1. The van der Waals surface area contributed by atoms with Gasteiger partial charge in [-0.05, 0) is 51.6 Å². The number of phenols is 1. The molecule has 1 saturated heterocycles. The highest BCUT2D eigenvalue weighted by atomic mass is 16.5. The fourth-order valence-corrected chi connectivity index (χ4v) is 2.67. The molecular formula is C15H24N2O2. The summed E-state index contributed by atoms with van der Waals surface area (Å²) in [5, 5.41) is 13.4. The minimum absolute atomic E-state index is 0.115.